The quantitative estimate of drug-likeness (QED) is 0.339. The molecule has 4 nitrogen and oxygen atoms in total. The van der Waals surface area contributed by atoms with E-state index in [-0.39, 0.29) is 46.2 Å². The molecule has 6 heteroatoms. The second-order valence-corrected chi connectivity index (χ2v) is 8.40. The fourth-order valence-corrected chi connectivity index (χ4v) is 5.39. The molecule has 7 atom stereocenters. The van der Waals surface area contributed by atoms with E-state index in [1.165, 1.54) is 32.1 Å². The van der Waals surface area contributed by atoms with Crippen LogP contribution in [0.1, 0.15) is 57.8 Å². The van der Waals surface area contributed by atoms with Crippen molar-refractivity contribution < 1.29 is 31.0 Å². The van der Waals surface area contributed by atoms with Crippen molar-refractivity contribution in [2.45, 2.75) is 87.5 Å². The smallest absolute Gasteiger partial charge is 0.203 e. The van der Waals surface area contributed by atoms with Crippen LogP contribution in [-0.2, 0) is 21.2 Å². The third-order valence-electron chi connectivity index (χ3n) is 6.43. The molecule has 3 aliphatic rings. The van der Waals surface area contributed by atoms with Crippen molar-refractivity contribution in [1.82, 2.24) is 0 Å². The van der Waals surface area contributed by atoms with Crippen LogP contribution >= 0.6 is 11.6 Å². The van der Waals surface area contributed by atoms with Crippen LogP contribution in [0.25, 0.3) is 0 Å². The van der Waals surface area contributed by atoms with Crippen LogP contribution in [0.2, 0.25) is 0 Å². The summed E-state index contributed by atoms with van der Waals surface area (Å²) in [7, 11) is 3.83. The van der Waals surface area contributed by atoms with Crippen LogP contribution in [0.4, 0.5) is 0 Å². The Balaban J connectivity index is 0.00000208. The fourth-order valence-electron chi connectivity index (χ4n) is 5.09. The molecule has 24 heavy (non-hydrogen) atoms. The van der Waals surface area contributed by atoms with Gasteiger partial charge in [0, 0.05) is 35.4 Å². The van der Waals surface area contributed by atoms with Crippen LogP contribution in [0, 0.1) is 11.8 Å². The predicted octanol–water partition coefficient (Wildman–Crippen LogP) is 3.58. The molecule has 142 valence electrons. The summed E-state index contributed by atoms with van der Waals surface area (Å²) in [5, 5.41) is 15.8. The summed E-state index contributed by atoms with van der Waals surface area (Å²) >= 11 is 6.30. The van der Waals surface area contributed by atoms with Crippen molar-refractivity contribution in [1.29, 1.82) is 0 Å². The zero-order chi connectivity index (χ0) is 16.4. The number of fused-ring (bicyclic) bond motifs is 1. The van der Waals surface area contributed by atoms with Gasteiger partial charge in [0.1, 0.15) is 12.1 Å². The molecule has 3 aliphatic carbocycles. The normalized spacial score (nSPS) is 43.7. The first kappa shape index (κ1) is 20.6. The fraction of sp³-hybridized carbons (Fsp3) is 1.00. The Morgan fingerprint density at radius 2 is 1.83 bits per heavy atom. The summed E-state index contributed by atoms with van der Waals surface area (Å²) in [6.07, 6.45) is 10.1. The van der Waals surface area contributed by atoms with Crippen LogP contribution in [0.3, 0.4) is 0 Å². The molecular formula is C18H32ClN2NiO2+. The van der Waals surface area contributed by atoms with Crippen LogP contribution in [-0.4, -0.2) is 53.6 Å². The Kier molecular flexibility index (Phi) is 7.99. The van der Waals surface area contributed by atoms with Gasteiger partial charge in [0.05, 0.1) is 6.10 Å². The molecule has 0 heterocycles. The Morgan fingerprint density at radius 1 is 1.08 bits per heavy atom. The first-order chi connectivity index (χ1) is 11.1. The zero-order valence-corrected chi connectivity index (χ0v) is 16.6. The average molecular weight is 403 g/mol. The maximum atomic E-state index is 10.5. The minimum atomic E-state index is -0.276. The molecule has 0 aromatic carbocycles. The third-order valence-corrected chi connectivity index (χ3v) is 6.82. The number of hydrogen-bond donors (Lipinski definition) is 1. The Labute approximate surface area is 161 Å². The van der Waals surface area contributed by atoms with Crippen molar-refractivity contribution in [3.05, 3.63) is 0 Å². The topological polar surface area (TPSA) is 44.8 Å². The number of aliphatic hydroxyl groups is 1. The van der Waals surface area contributed by atoms with E-state index in [0.29, 0.717) is 5.92 Å². The van der Waals surface area contributed by atoms with E-state index in [1.54, 1.807) is 7.11 Å². The predicted molar refractivity (Wildman–Crippen MR) is 91.2 cm³/mol. The second-order valence-electron chi connectivity index (χ2n) is 7.78. The van der Waals surface area contributed by atoms with Crippen molar-refractivity contribution in [3.63, 3.8) is 0 Å². The van der Waals surface area contributed by atoms with E-state index in [9.17, 15) is 5.11 Å². The van der Waals surface area contributed by atoms with Crippen molar-refractivity contribution in [3.8, 4) is 0 Å². The van der Waals surface area contributed by atoms with Gasteiger partial charge < -0.3 is 9.84 Å². The van der Waals surface area contributed by atoms with E-state index in [4.69, 9.17) is 21.5 Å². The number of nitrogens with zero attached hydrogens (tertiary/aromatic N) is 2. The molecule has 1 N–H and O–H groups in total. The number of alkyl halides is 1. The van der Waals surface area contributed by atoms with Gasteiger partial charge in [-0.05, 0) is 49.1 Å². The molecule has 0 radical (unpaired) electrons. The molecule has 0 aromatic heterocycles. The van der Waals surface area contributed by atoms with Gasteiger partial charge in [0.2, 0.25) is 6.04 Å². The molecule has 7 unspecified atom stereocenters. The number of likely N-dealkylation sites (N-methyl/N-ethyl adjacent to an activating group) is 1. The Bertz CT molecular complexity index is 437. The summed E-state index contributed by atoms with van der Waals surface area (Å²) in [6, 6.07) is 0.358. The SMILES string of the molecule is COC1CC(Cl)CCC1[N+](C)=NC1C(O)CCC2CCCCC21.[Ni]. The number of azo groups is 2. The molecular weight excluding hydrogens is 370 g/mol. The molecule has 3 fully saturated rings. The number of halogens is 1. The van der Waals surface area contributed by atoms with Crippen molar-refractivity contribution in [2.24, 2.45) is 17.0 Å². The van der Waals surface area contributed by atoms with Crippen LogP contribution in [0.15, 0.2) is 5.11 Å². The minimum Gasteiger partial charge on any atom is -0.391 e. The average Bonchev–Trinajstić information content (AvgIpc) is 2.57. The summed E-state index contributed by atoms with van der Waals surface area (Å²) in [5.41, 5.74) is 0. The molecule has 0 amide bonds. The first-order valence-corrected chi connectivity index (χ1v) is 9.82. The van der Waals surface area contributed by atoms with E-state index in [1.807, 2.05) is 0 Å². The number of methoxy groups -OCH3 is 1. The zero-order valence-electron chi connectivity index (χ0n) is 14.8. The molecule has 0 spiro atoms. The first-order valence-electron chi connectivity index (χ1n) is 9.38. The minimum absolute atomic E-state index is 0. The van der Waals surface area contributed by atoms with Crippen LogP contribution in [0.5, 0.6) is 0 Å². The summed E-state index contributed by atoms with van der Waals surface area (Å²) in [5.74, 6) is 1.34. The molecule has 0 aromatic rings. The van der Waals surface area contributed by atoms with Gasteiger partial charge in [-0.3, -0.25) is 0 Å². The van der Waals surface area contributed by atoms with E-state index in [2.05, 4.69) is 11.7 Å². The monoisotopic (exact) mass is 401 g/mol. The third kappa shape index (κ3) is 4.52. The maximum absolute atomic E-state index is 10.5. The van der Waals surface area contributed by atoms with Gasteiger partial charge in [-0.25, -0.2) is 0 Å². The second kappa shape index (κ2) is 9.30. The van der Waals surface area contributed by atoms with Gasteiger partial charge in [-0.2, -0.15) is 0 Å². The Morgan fingerprint density at radius 3 is 2.58 bits per heavy atom. The van der Waals surface area contributed by atoms with Gasteiger partial charge in [-0.1, -0.05) is 19.3 Å². The maximum Gasteiger partial charge on any atom is 0.203 e. The summed E-state index contributed by atoms with van der Waals surface area (Å²) in [6.45, 7) is 0. The molecule has 0 aliphatic heterocycles. The van der Waals surface area contributed by atoms with E-state index >= 15 is 0 Å². The standard InChI is InChI=1S/C18H32ClN2O2.Ni/c1-21(15-9-8-13(19)11-17(15)23-2)20-18-14-6-4-3-5-12(14)7-10-16(18)22;/h12-18,22H,3-11H2,1-2H3;/q+1;. The van der Waals surface area contributed by atoms with Gasteiger partial charge >= 0.3 is 0 Å². The number of aliphatic hydroxyl groups excluding tert-OH is 1. The molecule has 3 rings (SSSR count). The number of ether oxygens (including phenoxy) is 1. The molecule has 3 saturated carbocycles. The molecule has 0 bridgehead atoms. The summed E-state index contributed by atoms with van der Waals surface area (Å²) < 4.78 is 7.77. The van der Waals surface area contributed by atoms with Crippen LogP contribution < -0.4 is 0 Å². The Hall–Kier alpha value is 0.304. The van der Waals surface area contributed by atoms with Gasteiger partial charge in [0.25, 0.3) is 0 Å². The largest absolute Gasteiger partial charge is 0.391 e. The number of rotatable bonds is 3. The molecule has 0 saturated heterocycles. The van der Waals surface area contributed by atoms with Gasteiger partial charge in [-0.15, -0.1) is 16.3 Å². The van der Waals surface area contributed by atoms with E-state index < -0.39 is 0 Å². The van der Waals surface area contributed by atoms with Crippen molar-refractivity contribution in [2.75, 3.05) is 14.2 Å². The van der Waals surface area contributed by atoms with Gasteiger partial charge in [0.15, 0.2) is 7.05 Å². The van der Waals surface area contributed by atoms with E-state index in [0.717, 1.165) is 31.6 Å². The van der Waals surface area contributed by atoms with Crippen molar-refractivity contribution >= 4 is 11.6 Å². The summed E-state index contributed by atoms with van der Waals surface area (Å²) in [4.78, 5) is 0. The number of hydrogen-bond acceptors (Lipinski definition) is 3.